The molecule has 30 heavy (non-hydrogen) atoms. The Balaban J connectivity index is 1.22. The molecule has 4 nitrogen and oxygen atoms in total. The summed E-state index contributed by atoms with van der Waals surface area (Å²) in [5.41, 5.74) is 2.80. The van der Waals surface area contributed by atoms with Crippen LogP contribution in [-0.2, 0) is 11.2 Å². The molecule has 7 heteroatoms. The van der Waals surface area contributed by atoms with Crippen molar-refractivity contribution in [3.8, 4) is 0 Å². The summed E-state index contributed by atoms with van der Waals surface area (Å²) in [6.45, 7) is 4.34. The lowest BCUT2D eigenvalue weighted by molar-refractivity contribution is -0.130. The number of aromatic nitrogens is 1. The number of rotatable bonds is 4. The van der Waals surface area contributed by atoms with Gasteiger partial charge in [0.15, 0.2) is 10.9 Å². The Morgan fingerprint density at radius 2 is 1.87 bits per heavy atom. The van der Waals surface area contributed by atoms with Gasteiger partial charge in [-0.3, -0.25) is 4.79 Å². The fourth-order valence-corrected chi connectivity index (χ4v) is 5.21. The second-order valence-corrected chi connectivity index (χ2v) is 9.27. The molecule has 2 heterocycles. The summed E-state index contributed by atoms with van der Waals surface area (Å²) in [5.74, 6) is -0.103. The van der Waals surface area contributed by atoms with E-state index in [0.717, 1.165) is 39.4 Å². The highest BCUT2D eigenvalue weighted by molar-refractivity contribution is 7.22. The van der Waals surface area contributed by atoms with Crippen LogP contribution in [0, 0.1) is 18.6 Å². The number of aryl methyl sites for hydroxylation is 1. The van der Waals surface area contributed by atoms with Gasteiger partial charge in [-0.2, -0.15) is 0 Å². The molecular formula is C23H23F2N3OS. The highest BCUT2D eigenvalue weighted by Crippen LogP contribution is 2.41. The maximum absolute atomic E-state index is 14.2. The molecule has 0 unspecified atom stereocenters. The van der Waals surface area contributed by atoms with Crippen molar-refractivity contribution in [1.29, 1.82) is 0 Å². The van der Waals surface area contributed by atoms with Crippen LogP contribution >= 0.6 is 11.3 Å². The van der Waals surface area contributed by atoms with Crippen LogP contribution in [0.15, 0.2) is 30.3 Å². The minimum Gasteiger partial charge on any atom is -0.345 e. The molecule has 0 bridgehead atoms. The van der Waals surface area contributed by atoms with Gasteiger partial charge in [0, 0.05) is 26.2 Å². The molecule has 1 aromatic heterocycles. The summed E-state index contributed by atoms with van der Waals surface area (Å²) in [4.78, 5) is 21.1. The van der Waals surface area contributed by atoms with Gasteiger partial charge in [0.2, 0.25) is 5.91 Å². The summed E-state index contributed by atoms with van der Waals surface area (Å²) < 4.78 is 29.2. The number of hydrogen-bond donors (Lipinski definition) is 0. The fourth-order valence-electron chi connectivity index (χ4n) is 4.08. The Labute approximate surface area is 178 Å². The Hall–Kier alpha value is -2.54. The van der Waals surface area contributed by atoms with Crippen molar-refractivity contribution in [1.82, 2.24) is 9.88 Å². The number of carbonyl (C=O) groups excluding carboxylic acids is 1. The van der Waals surface area contributed by atoms with Crippen LogP contribution in [0.2, 0.25) is 0 Å². The standard InChI is InChI=1S/C23H23F2N3OS/c1-14-10-19(25)22-20(11-14)30-23(26-22)28-8-6-27(7-9-28)21(29)13-15-2-5-17(16-3-4-16)18(24)12-15/h2,5,10-12,16H,3-4,6-9,13H2,1H3. The summed E-state index contributed by atoms with van der Waals surface area (Å²) in [6.07, 6.45) is 2.33. The first-order valence-electron chi connectivity index (χ1n) is 10.4. The monoisotopic (exact) mass is 427 g/mol. The number of halogens is 2. The molecule has 0 atom stereocenters. The fraction of sp³-hybridized carbons (Fsp3) is 0.391. The lowest BCUT2D eigenvalue weighted by Gasteiger charge is -2.34. The number of piperazine rings is 1. The zero-order chi connectivity index (χ0) is 20.8. The quantitative estimate of drug-likeness (QED) is 0.608. The van der Waals surface area contributed by atoms with E-state index in [1.807, 2.05) is 30.0 Å². The first-order chi connectivity index (χ1) is 14.5. The van der Waals surface area contributed by atoms with Gasteiger partial charge < -0.3 is 9.80 Å². The maximum Gasteiger partial charge on any atom is 0.227 e. The van der Waals surface area contributed by atoms with Gasteiger partial charge in [-0.25, -0.2) is 13.8 Å². The van der Waals surface area contributed by atoms with Crippen LogP contribution in [0.3, 0.4) is 0 Å². The number of thiazole rings is 1. The van der Waals surface area contributed by atoms with E-state index >= 15 is 0 Å². The van der Waals surface area contributed by atoms with Crippen molar-refractivity contribution in [2.24, 2.45) is 0 Å². The largest absolute Gasteiger partial charge is 0.345 e. The van der Waals surface area contributed by atoms with Crippen molar-refractivity contribution in [2.75, 3.05) is 31.1 Å². The van der Waals surface area contributed by atoms with E-state index < -0.39 is 0 Å². The second-order valence-electron chi connectivity index (χ2n) is 8.26. The average Bonchev–Trinajstić information content (AvgIpc) is 3.46. The Morgan fingerprint density at radius 1 is 1.10 bits per heavy atom. The van der Waals surface area contributed by atoms with Gasteiger partial charge in [0.05, 0.1) is 11.1 Å². The summed E-state index contributed by atoms with van der Waals surface area (Å²) >= 11 is 1.48. The maximum atomic E-state index is 14.2. The normalized spacial score (nSPS) is 17.0. The van der Waals surface area contributed by atoms with Crippen molar-refractivity contribution < 1.29 is 13.6 Å². The smallest absolute Gasteiger partial charge is 0.227 e. The third kappa shape index (κ3) is 3.78. The number of amides is 1. The molecule has 1 aliphatic carbocycles. The van der Waals surface area contributed by atoms with Crippen LogP contribution in [0.5, 0.6) is 0 Å². The van der Waals surface area contributed by atoms with Gasteiger partial charge >= 0.3 is 0 Å². The highest BCUT2D eigenvalue weighted by atomic mass is 32.1. The summed E-state index contributed by atoms with van der Waals surface area (Å²) in [5, 5.41) is 0.791. The lowest BCUT2D eigenvalue weighted by atomic mass is 10.0. The van der Waals surface area contributed by atoms with Crippen LogP contribution < -0.4 is 4.90 Å². The van der Waals surface area contributed by atoms with Gasteiger partial charge in [0.25, 0.3) is 0 Å². The van der Waals surface area contributed by atoms with Gasteiger partial charge in [-0.05, 0) is 60.6 Å². The molecule has 1 amide bonds. The van der Waals surface area contributed by atoms with E-state index in [-0.39, 0.29) is 24.0 Å². The molecule has 0 radical (unpaired) electrons. The zero-order valence-corrected chi connectivity index (χ0v) is 17.6. The van der Waals surface area contributed by atoms with E-state index in [4.69, 9.17) is 0 Å². The van der Waals surface area contributed by atoms with Crippen molar-refractivity contribution in [2.45, 2.75) is 32.1 Å². The number of nitrogens with zero attached hydrogens (tertiary/aromatic N) is 3. The number of anilines is 1. The topological polar surface area (TPSA) is 36.4 Å². The van der Waals surface area contributed by atoms with E-state index in [1.54, 1.807) is 0 Å². The molecule has 1 saturated carbocycles. The summed E-state index contributed by atoms with van der Waals surface area (Å²) in [7, 11) is 0. The van der Waals surface area contributed by atoms with Crippen LogP contribution in [0.4, 0.5) is 13.9 Å². The molecule has 156 valence electrons. The molecule has 2 fully saturated rings. The Morgan fingerprint density at radius 3 is 2.57 bits per heavy atom. The minimum atomic E-state index is -0.291. The molecule has 2 aromatic carbocycles. The van der Waals surface area contributed by atoms with E-state index in [2.05, 4.69) is 9.88 Å². The molecule has 3 aromatic rings. The molecule has 5 rings (SSSR count). The number of fused-ring (bicyclic) bond motifs is 1. The zero-order valence-electron chi connectivity index (χ0n) is 16.8. The van der Waals surface area contributed by atoms with Gasteiger partial charge in [-0.15, -0.1) is 0 Å². The summed E-state index contributed by atoms with van der Waals surface area (Å²) in [6, 6.07) is 8.68. The SMILES string of the molecule is Cc1cc(F)c2nc(N3CCN(C(=O)Cc4ccc(C5CC5)c(F)c4)CC3)sc2c1. The highest BCUT2D eigenvalue weighted by Gasteiger charge is 2.27. The van der Waals surface area contributed by atoms with E-state index in [1.165, 1.54) is 23.5 Å². The van der Waals surface area contributed by atoms with Crippen LogP contribution in [0.25, 0.3) is 10.2 Å². The molecule has 1 aliphatic heterocycles. The van der Waals surface area contributed by atoms with E-state index in [0.29, 0.717) is 37.6 Å². The third-order valence-corrected chi connectivity index (χ3v) is 6.98. The molecule has 1 saturated heterocycles. The average molecular weight is 428 g/mol. The van der Waals surface area contributed by atoms with Crippen molar-refractivity contribution in [3.63, 3.8) is 0 Å². The molecular weight excluding hydrogens is 404 g/mol. The van der Waals surface area contributed by atoms with Gasteiger partial charge in [-0.1, -0.05) is 23.5 Å². The first kappa shape index (κ1) is 19.4. The Bertz CT molecular complexity index is 1120. The third-order valence-electron chi connectivity index (χ3n) is 5.92. The molecule has 0 spiro atoms. The minimum absolute atomic E-state index is 0.0131. The molecule has 2 aliphatic rings. The number of hydrogen-bond acceptors (Lipinski definition) is 4. The van der Waals surface area contributed by atoms with Crippen LogP contribution in [0.1, 0.15) is 35.4 Å². The predicted molar refractivity (Wildman–Crippen MR) is 115 cm³/mol. The first-order valence-corrected chi connectivity index (χ1v) is 11.2. The lowest BCUT2D eigenvalue weighted by Crippen LogP contribution is -2.49. The van der Waals surface area contributed by atoms with Crippen molar-refractivity contribution >= 4 is 32.6 Å². The second kappa shape index (κ2) is 7.61. The van der Waals surface area contributed by atoms with Crippen molar-refractivity contribution in [3.05, 3.63) is 58.7 Å². The van der Waals surface area contributed by atoms with Gasteiger partial charge in [0.1, 0.15) is 11.3 Å². The Kier molecular flexibility index (Phi) is 4.93. The number of carbonyl (C=O) groups is 1. The number of benzene rings is 2. The van der Waals surface area contributed by atoms with Crippen LogP contribution in [-0.4, -0.2) is 42.0 Å². The predicted octanol–water partition coefficient (Wildman–Crippen LogP) is 4.65. The molecule has 0 N–H and O–H groups in total. The van der Waals surface area contributed by atoms with E-state index in [9.17, 15) is 13.6 Å².